The van der Waals surface area contributed by atoms with E-state index in [1.54, 1.807) is 12.1 Å². The Morgan fingerprint density at radius 2 is 1.81 bits per heavy atom. The SMILES string of the molecule is C[C@@H](NC1CCCC(c2nc(-c3ccc(F)cc3)no2)C1)c1cccc2ccccc12. The number of hydrogen-bond donors (Lipinski definition) is 1. The van der Waals surface area contributed by atoms with Crippen LogP contribution in [0.5, 0.6) is 0 Å². The number of halogens is 1. The Balaban J connectivity index is 1.29. The van der Waals surface area contributed by atoms with Gasteiger partial charge in [0.2, 0.25) is 11.7 Å². The molecule has 5 heteroatoms. The summed E-state index contributed by atoms with van der Waals surface area (Å²) in [7, 11) is 0. The van der Waals surface area contributed by atoms with Crippen LogP contribution in [0.15, 0.2) is 71.3 Å². The van der Waals surface area contributed by atoms with Crippen molar-refractivity contribution in [3.05, 3.63) is 84.0 Å². The minimum atomic E-state index is -0.269. The van der Waals surface area contributed by atoms with Crippen LogP contribution in [0, 0.1) is 5.82 Å². The van der Waals surface area contributed by atoms with Gasteiger partial charge in [-0.15, -0.1) is 0 Å². The largest absolute Gasteiger partial charge is 0.339 e. The van der Waals surface area contributed by atoms with E-state index in [9.17, 15) is 4.39 Å². The Labute approximate surface area is 181 Å². The number of nitrogens with one attached hydrogen (secondary N) is 1. The lowest BCUT2D eigenvalue weighted by molar-refractivity contribution is 0.269. The topological polar surface area (TPSA) is 51.0 Å². The fourth-order valence-electron chi connectivity index (χ4n) is 4.75. The van der Waals surface area contributed by atoms with Crippen molar-refractivity contribution < 1.29 is 8.91 Å². The van der Waals surface area contributed by atoms with E-state index in [4.69, 9.17) is 4.52 Å². The number of nitrogens with zero attached hydrogens (tertiary/aromatic N) is 2. The molecule has 158 valence electrons. The molecule has 31 heavy (non-hydrogen) atoms. The van der Waals surface area contributed by atoms with Gasteiger partial charge in [0.05, 0.1) is 0 Å². The van der Waals surface area contributed by atoms with E-state index < -0.39 is 0 Å². The third kappa shape index (κ3) is 4.23. The molecule has 1 aromatic heterocycles. The Morgan fingerprint density at radius 1 is 1.00 bits per heavy atom. The van der Waals surface area contributed by atoms with Crippen LogP contribution in [0.3, 0.4) is 0 Å². The molecule has 1 aliphatic rings. The Bertz CT molecular complexity index is 1170. The second kappa shape index (κ2) is 8.60. The van der Waals surface area contributed by atoms with E-state index in [1.807, 2.05) is 0 Å². The van der Waals surface area contributed by atoms with Gasteiger partial charge >= 0.3 is 0 Å². The highest BCUT2D eigenvalue weighted by molar-refractivity contribution is 5.86. The van der Waals surface area contributed by atoms with Gasteiger partial charge in [-0.05, 0) is 66.8 Å². The van der Waals surface area contributed by atoms with Gasteiger partial charge in [-0.3, -0.25) is 0 Å². The van der Waals surface area contributed by atoms with Crippen molar-refractivity contribution >= 4 is 10.8 Å². The molecule has 1 N–H and O–H groups in total. The van der Waals surface area contributed by atoms with E-state index in [0.717, 1.165) is 31.2 Å². The molecule has 3 atom stereocenters. The Kier molecular flexibility index (Phi) is 5.51. The number of rotatable bonds is 5. The molecule has 0 amide bonds. The maximum Gasteiger partial charge on any atom is 0.230 e. The van der Waals surface area contributed by atoms with Crippen molar-refractivity contribution in [2.24, 2.45) is 0 Å². The second-order valence-electron chi connectivity index (χ2n) is 8.48. The van der Waals surface area contributed by atoms with Crippen LogP contribution in [0.2, 0.25) is 0 Å². The first-order valence-electron chi connectivity index (χ1n) is 11.0. The third-order valence-corrected chi connectivity index (χ3v) is 6.34. The zero-order valence-electron chi connectivity index (χ0n) is 17.6. The van der Waals surface area contributed by atoms with Gasteiger partial charge < -0.3 is 9.84 Å². The molecular formula is C26H26FN3O. The first-order chi connectivity index (χ1) is 15.2. The molecule has 0 aliphatic heterocycles. The number of hydrogen-bond acceptors (Lipinski definition) is 4. The van der Waals surface area contributed by atoms with Crippen LogP contribution in [0.25, 0.3) is 22.2 Å². The summed E-state index contributed by atoms with van der Waals surface area (Å²) < 4.78 is 18.8. The number of benzene rings is 3. The highest BCUT2D eigenvalue weighted by atomic mass is 19.1. The molecule has 5 rings (SSSR count). The van der Waals surface area contributed by atoms with Gasteiger partial charge in [-0.2, -0.15) is 4.98 Å². The van der Waals surface area contributed by atoms with E-state index in [1.165, 1.54) is 28.5 Å². The van der Waals surface area contributed by atoms with Crippen molar-refractivity contribution in [1.82, 2.24) is 15.5 Å². The van der Waals surface area contributed by atoms with Crippen LogP contribution in [-0.2, 0) is 0 Å². The van der Waals surface area contributed by atoms with Crippen molar-refractivity contribution in [1.29, 1.82) is 0 Å². The third-order valence-electron chi connectivity index (χ3n) is 6.34. The van der Waals surface area contributed by atoms with E-state index in [-0.39, 0.29) is 17.8 Å². The molecule has 1 aliphatic carbocycles. The lowest BCUT2D eigenvalue weighted by atomic mass is 9.85. The van der Waals surface area contributed by atoms with Crippen molar-refractivity contribution in [2.45, 2.75) is 50.6 Å². The van der Waals surface area contributed by atoms with E-state index in [2.05, 4.69) is 64.8 Å². The first-order valence-corrected chi connectivity index (χ1v) is 11.0. The average molecular weight is 416 g/mol. The monoisotopic (exact) mass is 415 g/mol. The summed E-state index contributed by atoms with van der Waals surface area (Å²) in [5, 5.41) is 10.5. The molecule has 2 unspecified atom stereocenters. The van der Waals surface area contributed by atoms with Crippen molar-refractivity contribution in [2.75, 3.05) is 0 Å². The van der Waals surface area contributed by atoms with Gasteiger partial charge in [0.1, 0.15) is 5.82 Å². The van der Waals surface area contributed by atoms with Crippen LogP contribution in [0.4, 0.5) is 4.39 Å². The predicted octanol–water partition coefficient (Wildman–Crippen LogP) is 6.41. The number of aromatic nitrogens is 2. The predicted molar refractivity (Wildman–Crippen MR) is 120 cm³/mol. The molecule has 1 saturated carbocycles. The number of fused-ring (bicyclic) bond motifs is 1. The molecule has 1 fully saturated rings. The van der Waals surface area contributed by atoms with Gasteiger partial charge in [-0.25, -0.2) is 4.39 Å². The van der Waals surface area contributed by atoms with E-state index in [0.29, 0.717) is 17.8 Å². The van der Waals surface area contributed by atoms with Crippen molar-refractivity contribution in [3.63, 3.8) is 0 Å². The van der Waals surface area contributed by atoms with E-state index >= 15 is 0 Å². The molecule has 1 heterocycles. The fourth-order valence-corrected chi connectivity index (χ4v) is 4.75. The second-order valence-corrected chi connectivity index (χ2v) is 8.48. The smallest absolute Gasteiger partial charge is 0.230 e. The van der Waals surface area contributed by atoms with Gasteiger partial charge in [0, 0.05) is 23.6 Å². The average Bonchev–Trinajstić information content (AvgIpc) is 3.30. The highest BCUT2D eigenvalue weighted by Gasteiger charge is 2.28. The maximum atomic E-state index is 13.2. The van der Waals surface area contributed by atoms with Crippen LogP contribution in [-0.4, -0.2) is 16.2 Å². The summed E-state index contributed by atoms with van der Waals surface area (Å²) in [6.45, 7) is 2.24. The normalized spacial score (nSPS) is 20.1. The van der Waals surface area contributed by atoms with Crippen LogP contribution >= 0.6 is 0 Å². The maximum absolute atomic E-state index is 13.2. The molecular weight excluding hydrogens is 389 g/mol. The fraction of sp³-hybridized carbons (Fsp3) is 0.308. The highest BCUT2D eigenvalue weighted by Crippen LogP contribution is 2.34. The zero-order valence-corrected chi connectivity index (χ0v) is 17.6. The molecule has 0 spiro atoms. The minimum absolute atomic E-state index is 0.243. The van der Waals surface area contributed by atoms with Gasteiger partial charge in [0.15, 0.2) is 0 Å². The van der Waals surface area contributed by atoms with Gasteiger partial charge in [-0.1, -0.05) is 54.0 Å². The Morgan fingerprint density at radius 3 is 2.68 bits per heavy atom. The molecule has 0 bridgehead atoms. The molecule has 0 radical (unpaired) electrons. The van der Waals surface area contributed by atoms with Crippen molar-refractivity contribution in [3.8, 4) is 11.4 Å². The van der Waals surface area contributed by atoms with Gasteiger partial charge in [0.25, 0.3) is 0 Å². The lowest BCUT2D eigenvalue weighted by Crippen LogP contribution is -2.35. The van der Waals surface area contributed by atoms with Crippen LogP contribution < -0.4 is 5.32 Å². The van der Waals surface area contributed by atoms with Crippen LogP contribution in [0.1, 0.15) is 56.0 Å². The summed E-state index contributed by atoms with van der Waals surface area (Å²) in [4.78, 5) is 4.62. The standard InChI is InChI=1S/C26H26FN3O/c1-17(23-11-5-7-18-6-2-3-10-24(18)23)28-22-9-4-8-20(16-22)26-29-25(30-31-26)19-12-14-21(27)15-13-19/h2-3,5-7,10-15,17,20,22,28H,4,8-9,16H2,1H3/t17-,20?,22?/m1/s1. The summed E-state index contributed by atoms with van der Waals surface area (Å²) in [6, 6.07) is 21.9. The summed E-state index contributed by atoms with van der Waals surface area (Å²) in [5.41, 5.74) is 2.10. The minimum Gasteiger partial charge on any atom is -0.339 e. The molecule has 3 aromatic carbocycles. The summed E-state index contributed by atoms with van der Waals surface area (Å²) in [6.07, 6.45) is 4.29. The summed E-state index contributed by atoms with van der Waals surface area (Å²) in [5.74, 6) is 1.18. The molecule has 0 saturated heterocycles. The zero-order chi connectivity index (χ0) is 21.2. The quantitative estimate of drug-likeness (QED) is 0.409. The molecule has 4 aromatic rings. The Hall–Kier alpha value is -3.05. The molecule has 4 nitrogen and oxygen atoms in total. The summed E-state index contributed by atoms with van der Waals surface area (Å²) >= 11 is 0. The first kappa shape index (κ1) is 19.9. The lowest BCUT2D eigenvalue weighted by Gasteiger charge is -2.30.